The summed E-state index contributed by atoms with van der Waals surface area (Å²) in [6.07, 6.45) is 1.38. The first-order chi connectivity index (χ1) is 11.2. The number of anilines is 1. The van der Waals surface area contributed by atoms with Crippen molar-refractivity contribution in [1.82, 2.24) is 9.97 Å². The molecule has 0 aliphatic rings. The molecule has 3 aromatic rings. The highest BCUT2D eigenvalue weighted by Crippen LogP contribution is 2.22. The SMILES string of the molecule is Fc1cccc(Oc2cc(NCc3ccccc3Cl)ncn2)c1. The van der Waals surface area contributed by atoms with Crippen molar-refractivity contribution >= 4 is 17.4 Å². The van der Waals surface area contributed by atoms with Crippen molar-refractivity contribution in [2.75, 3.05) is 5.32 Å². The molecule has 3 rings (SSSR count). The largest absolute Gasteiger partial charge is 0.439 e. The molecule has 6 heteroatoms. The number of benzene rings is 2. The van der Waals surface area contributed by atoms with E-state index in [9.17, 15) is 4.39 Å². The highest BCUT2D eigenvalue weighted by Gasteiger charge is 2.04. The zero-order chi connectivity index (χ0) is 16.1. The normalized spacial score (nSPS) is 10.3. The van der Waals surface area contributed by atoms with E-state index in [2.05, 4.69) is 15.3 Å². The first-order valence-electron chi connectivity index (χ1n) is 6.93. The average Bonchev–Trinajstić information content (AvgIpc) is 2.54. The van der Waals surface area contributed by atoms with Crippen LogP contribution in [0.3, 0.4) is 0 Å². The molecule has 1 N–H and O–H groups in total. The van der Waals surface area contributed by atoms with E-state index in [1.807, 2.05) is 24.3 Å². The highest BCUT2D eigenvalue weighted by molar-refractivity contribution is 6.31. The molecule has 0 amide bonds. The molecule has 0 atom stereocenters. The Labute approximate surface area is 137 Å². The Balaban J connectivity index is 1.69. The van der Waals surface area contributed by atoms with E-state index >= 15 is 0 Å². The van der Waals surface area contributed by atoms with Crippen LogP contribution in [0.15, 0.2) is 60.9 Å². The van der Waals surface area contributed by atoms with Crippen LogP contribution >= 0.6 is 11.6 Å². The summed E-state index contributed by atoms with van der Waals surface area (Å²) >= 11 is 6.11. The molecule has 0 aliphatic heterocycles. The van der Waals surface area contributed by atoms with E-state index in [1.165, 1.54) is 18.5 Å². The van der Waals surface area contributed by atoms with Gasteiger partial charge in [0.1, 0.15) is 23.7 Å². The lowest BCUT2D eigenvalue weighted by Gasteiger charge is -2.09. The quantitative estimate of drug-likeness (QED) is 0.738. The van der Waals surface area contributed by atoms with Crippen LogP contribution in [0.5, 0.6) is 11.6 Å². The maximum Gasteiger partial charge on any atom is 0.224 e. The second-order valence-electron chi connectivity index (χ2n) is 4.75. The maximum absolute atomic E-state index is 13.2. The zero-order valence-corrected chi connectivity index (χ0v) is 12.8. The van der Waals surface area contributed by atoms with Crippen molar-refractivity contribution in [2.45, 2.75) is 6.54 Å². The van der Waals surface area contributed by atoms with E-state index in [4.69, 9.17) is 16.3 Å². The molecule has 1 heterocycles. The smallest absolute Gasteiger partial charge is 0.224 e. The number of rotatable bonds is 5. The number of ether oxygens (including phenoxy) is 1. The standard InChI is InChI=1S/C17H13ClFN3O/c18-15-7-2-1-4-12(15)10-20-16-9-17(22-11-21-16)23-14-6-3-5-13(19)8-14/h1-9,11H,10H2,(H,20,21,22). The van der Waals surface area contributed by atoms with Crippen LogP contribution in [0.2, 0.25) is 5.02 Å². The molecule has 0 saturated heterocycles. The zero-order valence-electron chi connectivity index (χ0n) is 12.0. The van der Waals surface area contributed by atoms with Crippen LogP contribution in [-0.4, -0.2) is 9.97 Å². The third-order valence-corrected chi connectivity index (χ3v) is 3.45. The van der Waals surface area contributed by atoms with Gasteiger partial charge in [-0.25, -0.2) is 14.4 Å². The highest BCUT2D eigenvalue weighted by atomic mass is 35.5. The van der Waals surface area contributed by atoms with Crippen molar-refractivity contribution < 1.29 is 9.13 Å². The summed E-state index contributed by atoms with van der Waals surface area (Å²) in [7, 11) is 0. The number of nitrogens with one attached hydrogen (secondary N) is 1. The Hall–Kier alpha value is -2.66. The first kappa shape index (κ1) is 15.2. The summed E-state index contributed by atoms with van der Waals surface area (Å²) in [5.74, 6) is 0.924. The van der Waals surface area contributed by atoms with Crippen molar-refractivity contribution in [3.05, 3.63) is 77.3 Å². The summed E-state index contributed by atoms with van der Waals surface area (Å²) in [5.41, 5.74) is 0.959. The van der Waals surface area contributed by atoms with Crippen molar-refractivity contribution in [3.63, 3.8) is 0 Å². The molecule has 0 spiro atoms. The molecule has 0 fully saturated rings. The number of hydrogen-bond donors (Lipinski definition) is 1. The molecule has 0 radical (unpaired) electrons. The van der Waals surface area contributed by atoms with Crippen LogP contribution in [0.4, 0.5) is 10.2 Å². The third kappa shape index (κ3) is 4.17. The lowest BCUT2D eigenvalue weighted by Crippen LogP contribution is -2.02. The second kappa shape index (κ2) is 7.07. The fourth-order valence-electron chi connectivity index (χ4n) is 1.97. The fraction of sp³-hybridized carbons (Fsp3) is 0.0588. The molecule has 0 saturated carbocycles. The summed E-state index contributed by atoms with van der Waals surface area (Å²) < 4.78 is 18.7. The van der Waals surface area contributed by atoms with Gasteiger partial charge in [0.15, 0.2) is 0 Å². The van der Waals surface area contributed by atoms with Gasteiger partial charge in [-0.1, -0.05) is 35.9 Å². The van der Waals surface area contributed by atoms with E-state index in [1.54, 1.807) is 18.2 Å². The van der Waals surface area contributed by atoms with Gasteiger partial charge in [0.2, 0.25) is 5.88 Å². The molecule has 23 heavy (non-hydrogen) atoms. The lowest BCUT2D eigenvalue weighted by molar-refractivity contribution is 0.457. The van der Waals surface area contributed by atoms with Crippen LogP contribution in [0, 0.1) is 5.82 Å². The topological polar surface area (TPSA) is 47.0 Å². The van der Waals surface area contributed by atoms with Gasteiger partial charge >= 0.3 is 0 Å². The average molecular weight is 330 g/mol. The van der Waals surface area contributed by atoms with Gasteiger partial charge in [-0.3, -0.25) is 0 Å². The van der Waals surface area contributed by atoms with Crippen molar-refractivity contribution in [3.8, 4) is 11.6 Å². The molecule has 2 aromatic carbocycles. The minimum atomic E-state index is -0.367. The van der Waals surface area contributed by atoms with E-state index in [0.29, 0.717) is 29.0 Å². The Bertz CT molecular complexity index is 813. The summed E-state index contributed by atoms with van der Waals surface area (Å²) in [6.45, 7) is 0.524. The monoisotopic (exact) mass is 329 g/mol. The predicted molar refractivity (Wildman–Crippen MR) is 87.3 cm³/mol. The van der Waals surface area contributed by atoms with Gasteiger partial charge in [-0.2, -0.15) is 0 Å². The Kier molecular flexibility index (Phi) is 4.68. The van der Waals surface area contributed by atoms with Crippen molar-refractivity contribution in [1.29, 1.82) is 0 Å². The second-order valence-corrected chi connectivity index (χ2v) is 5.15. The van der Waals surface area contributed by atoms with Gasteiger partial charge in [-0.15, -0.1) is 0 Å². The van der Waals surface area contributed by atoms with Crippen LogP contribution < -0.4 is 10.1 Å². The molecule has 0 unspecified atom stereocenters. The molecular weight excluding hydrogens is 317 g/mol. The summed E-state index contributed by atoms with van der Waals surface area (Å²) in [5, 5.41) is 3.84. The van der Waals surface area contributed by atoms with Crippen LogP contribution in [-0.2, 0) is 6.54 Å². The Morgan fingerprint density at radius 1 is 1.04 bits per heavy atom. The Morgan fingerprint density at radius 3 is 2.74 bits per heavy atom. The fourth-order valence-corrected chi connectivity index (χ4v) is 2.17. The number of halogens is 2. The first-order valence-corrected chi connectivity index (χ1v) is 7.31. The molecule has 0 aliphatic carbocycles. The number of hydrogen-bond acceptors (Lipinski definition) is 4. The minimum absolute atomic E-state index is 0.326. The Morgan fingerprint density at radius 2 is 1.91 bits per heavy atom. The van der Waals surface area contributed by atoms with Gasteiger partial charge in [0, 0.05) is 23.7 Å². The van der Waals surface area contributed by atoms with Crippen LogP contribution in [0.1, 0.15) is 5.56 Å². The van der Waals surface area contributed by atoms with Gasteiger partial charge in [0.05, 0.1) is 0 Å². The molecule has 0 bridgehead atoms. The lowest BCUT2D eigenvalue weighted by atomic mass is 10.2. The third-order valence-electron chi connectivity index (χ3n) is 3.08. The maximum atomic E-state index is 13.2. The summed E-state index contributed by atoms with van der Waals surface area (Å²) in [4.78, 5) is 8.14. The van der Waals surface area contributed by atoms with Crippen LogP contribution in [0.25, 0.3) is 0 Å². The molecule has 116 valence electrons. The number of aromatic nitrogens is 2. The number of nitrogens with zero attached hydrogens (tertiary/aromatic N) is 2. The van der Waals surface area contributed by atoms with E-state index < -0.39 is 0 Å². The predicted octanol–water partition coefficient (Wildman–Crippen LogP) is 4.67. The van der Waals surface area contributed by atoms with Crippen molar-refractivity contribution in [2.24, 2.45) is 0 Å². The molecular formula is C17H13ClFN3O. The van der Waals surface area contributed by atoms with Gasteiger partial charge in [-0.05, 0) is 23.8 Å². The molecule has 4 nitrogen and oxygen atoms in total. The van der Waals surface area contributed by atoms with E-state index in [0.717, 1.165) is 5.56 Å². The molecule has 1 aromatic heterocycles. The van der Waals surface area contributed by atoms with Gasteiger partial charge in [0.25, 0.3) is 0 Å². The summed E-state index contributed by atoms with van der Waals surface area (Å²) in [6, 6.07) is 15.1. The minimum Gasteiger partial charge on any atom is -0.439 e. The van der Waals surface area contributed by atoms with E-state index in [-0.39, 0.29) is 5.82 Å². The van der Waals surface area contributed by atoms with Gasteiger partial charge < -0.3 is 10.1 Å².